The summed E-state index contributed by atoms with van der Waals surface area (Å²) < 4.78 is 5.42. The lowest BCUT2D eigenvalue weighted by Gasteiger charge is -2.26. The Hall–Kier alpha value is -3.38. The van der Waals surface area contributed by atoms with Crippen LogP contribution in [0.5, 0.6) is 5.75 Å². The molecular formula is C24H27N5O. The highest BCUT2D eigenvalue weighted by molar-refractivity contribution is 5.78. The standard InChI is InChI=1S/C24H27N5O/c1-28(2)17-21-13-22(9-10-25-21)29(15-18-5-4-6-23(11-18)30-3)16-19-7-8-20-14-26-27-24(20)12-19/h4-14H,15-17H2,1-3H3,(H,26,27). The number of nitrogens with one attached hydrogen (secondary N) is 1. The molecule has 0 unspecified atom stereocenters. The zero-order valence-electron chi connectivity index (χ0n) is 17.7. The second-order valence-corrected chi connectivity index (χ2v) is 7.74. The summed E-state index contributed by atoms with van der Waals surface area (Å²) in [6.07, 6.45) is 3.74. The third-order valence-electron chi connectivity index (χ3n) is 5.03. The van der Waals surface area contributed by atoms with Gasteiger partial charge in [0.1, 0.15) is 5.75 Å². The third kappa shape index (κ3) is 4.78. The Labute approximate surface area is 177 Å². The maximum atomic E-state index is 5.42. The van der Waals surface area contributed by atoms with Crippen LogP contribution in [0, 0.1) is 0 Å². The lowest BCUT2D eigenvalue weighted by molar-refractivity contribution is 0.397. The number of fused-ring (bicyclic) bond motifs is 1. The molecule has 0 spiro atoms. The number of H-pyrrole nitrogens is 1. The summed E-state index contributed by atoms with van der Waals surface area (Å²) in [6.45, 7) is 2.35. The van der Waals surface area contributed by atoms with Crippen molar-refractivity contribution in [3.05, 3.63) is 83.8 Å². The maximum Gasteiger partial charge on any atom is 0.119 e. The fourth-order valence-electron chi connectivity index (χ4n) is 3.61. The van der Waals surface area contributed by atoms with Crippen molar-refractivity contribution in [2.75, 3.05) is 26.1 Å². The molecule has 4 aromatic rings. The Morgan fingerprint density at radius 3 is 2.57 bits per heavy atom. The lowest BCUT2D eigenvalue weighted by Crippen LogP contribution is -2.23. The van der Waals surface area contributed by atoms with Gasteiger partial charge in [-0.2, -0.15) is 5.10 Å². The van der Waals surface area contributed by atoms with E-state index in [2.05, 4.69) is 81.5 Å². The van der Waals surface area contributed by atoms with Gasteiger partial charge in [0.15, 0.2) is 0 Å². The summed E-state index contributed by atoms with van der Waals surface area (Å²) in [5, 5.41) is 8.33. The monoisotopic (exact) mass is 401 g/mol. The number of aromatic amines is 1. The average Bonchev–Trinajstić information content (AvgIpc) is 3.21. The molecule has 2 aromatic carbocycles. The fourth-order valence-corrected chi connectivity index (χ4v) is 3.61. The molecule has 2 heterocycles. The summed E-state index contributed by atoms with van der Waals surface area (Å²) >= 11 is 0. The third-order valence-corrected chi connectivity index (χ3v) is 5.03. The summed E-state index contributed by atoms with van der Waals surface area (Å²) in [4.78, 5) is 9.03. The largest absolute Gasteiger partial charge is 0.497 e. The normalized spacial score (nSPS) is 11.2. The highest BCUT2D eigenvalue weighted by Crippen LogP contribution is 2.24. The van der Waals surface area contributed by atoms with E-state index < -0.39 is 0 Å². The van der Waals surface area contributed by atoms with Gasteiger partial charge in [0.2, 0.25) is 0 Å². The van der Waals surface area contributed by atoms with E-state index in [9.17, 15) is 0 Å². The van der Waals surface area contributed by atoms with Gasteiger partial charge < -0.3 is 14.5 Å². The second-order valence-electron chi connectivity index (χ2n) is 7.74. The molecule has 4 rings (SSSR count). The van der Waals surface area contributed by atoms with Gasteiger partial charge in [0, 0.05) is 36.9 Å². The Morgan fingerprint density at radius 1 is 0.933 bits per heavy atom. The highest BCUT2D eigenvalue weighted by Gasteiger charge is 2.12. The number of nitrogens with zero attached hydrogens (tertiary/aromatic N) is 4. The molecule has 0 aliphatic heterocycles. The molecule has 0 radical (unpaired) electrons. The van der Waals surface area contributed by atoms with Crippen molar-refractivity contribution in [3.63, 3.8) is 0 Å². The number of hydrogen-bond acceptors (Lipinski definition) is 5. The van der Waals surface area contributed by atoms with Crippen LogP contribution in [0.1, 0.15) is 16.8 Å². The van der Waals surface area contributed by atoms with E-state index in [0.29, 0.717) is 0 Å². The average molecular weight is 402 g/mol. The molecule has 0 atom stereocenters. The first-order chi connectivity index (χ1) is 14.6. The molecule has 0 saturated heterocycles. The van der Waals surface area contributed by atoms with Gasteiger partial charge in [-0.3, -0.25) is 10.1 Å². The van der Waals surface area contributed by atoms with Crippen molar-refractivity contribution < 1.29 is 4.74 Å². The van der Waals surface area contributed by atoms with Crippen LogP contribution in [0.3, 0.4) is 0 Å². The van der Waals surface area contributed by atoms with Crippen LogP contribution in [0.2, 0.25) is 0 Å². The van der Waals surface area contributed by atoms with Gasteiger partial charge in [-0.05, 0) is 55.6 Å². The van der Waals surface area contributed by atoms with Gasteiger partial charge in [-0.15, -0.1) is 0 Å². The fraction of sp³-hybridized carbons (Fsp3) is 0.250. The van der Waals surface area contributed by atoms with Crippen molar-refractivity contribution in [3.8, 4) is 5.75 Å². The lowest BCUT2D eigenvalue weighted by atomic mass is 10.1. The van der Waals surface area contributed by atoms with Crippen molar-refractivity contribution in [2.45, 2.75) is 19.6 Å². The van der Waals surface area contributed by atoms with Crippen LogP contribution < -0.4 is 9.64 Å². The first kappa shape index (κ1) is 19.9. The molecule has 154 valence electrons. The number of benzene rings is 2. The summed E-state index contributed by atoms with van der Waals surface area (Å²) in [5.41, 5.74) is 5.67. The van der Waals surface area contributed by atoms with Crippen LogP contribution >= 0.6 is 0 Å². The van der Waals surface area contributed by atoms with Crippen LogP contribution in [-0.2, 0) is 19.6 Å². The van der Waals surface area contributed by atoms with Crippen LogP contribution in [-0.4, -0.2) is 41.3 Å². The molecule has 6 heteroatoms. The quantitative estimate of drug-likeness (QED) is 0.479. The topological polar surface area (TPSA) is 57.3 Å². The van der Waals surface area contributed by atoms with Gasteiger partial charge >= 0.3 is 0 Å². The first-order valence-electron chi connectivity index (χ1n) is 10.0. The number of ether oxygens (including phenoxy) is 1. The first-order valence-corrected chi connectivity index (χ1v) is 10.0. The second kappa shape index (κ2) is 8.97. The summed E-state index contributed by atoms with van der Waals surface area (Å²) in [5.74, 6) is 0.870. The molecule has 2 aromatic heterocycles. The van der Waals surface area contributed by atoms with Crippen LogP contribution in [0.15, 0.2) is 67.0 Å². The van der Waals surface area contributed by atoms with Crippen molar-refractivity contribution in [1.82, 2.24) is 20.1 Å². The number of methoxy groups -OCH3 is 1. The Bertz CT molecular complexity index is 1120. The summed E-state index contributed by atoms with van der Waals surface area (Å²) in [6, 6.07) is 18.9. The molecule has 0 fully saturated rings. The minimum atomic E-state index is 0.767. The smallest absolute Gasteiger partial charge is 0.119 e. The van der Waals surface area contributed by atoms with Gasteiger partial charge in [0.25, 0.3) is 0 Å². The van der Waals surface area contributed by atoms with Crippen molar-refractivity contribution >= 4 is 16.6 Å². The Kier molecular flexibility index (Phi) is 5.95. The van der Waals surface area contributed by atoms with Crippen molar-refractivity contribution in [1.29, 1.82) is 0 Å². The van der Waals surface area contributed by atoms with Crippen LogP contribution in [0.25, 0.3) is 10.9 Å². The molecule has 30 heavy (non-hydrogen) atoms. The van der Waals surface area contributed by atoms with Crippen molar-refractivity contribution in [2.24, 2.45) is 0 Å². The highest BCUT2D eigenvalue weighted by atomic mass is 16.5. The van der Waals surface area contributed by atoms with Gasteiger partial charge in [-0.25, -0.2) is 0 Å². The summed E-state index contributed by atoms with van der Waals surface area (Å²) in [7, 11) is 5.82. The molecule has 0 aliphatic carbocycles. The zero-order chi connectivity index (χ0) is 20.9. The number of aromatic nitrogens is 3. The van der Waals surface area contributed by atoms with E-state index in [1.165, 1.54) is 11.1 Å². The molecule has 0 aliphatic rings. The molecule has 0 bridgehead atoms. The van der Waals surface area contributed by atoms with Gasteiger partial charge in [-0.1, -0.05) is 24.3 Å². The maximum absolute atomic E-state index is 5.42. The van der Waals surface area contributed by atoms with Gasteiger partial charge in [0.05, 0.1) is 24.5 Å². The number of hydrogen-bond donors (Lipinski definition) is 1. The molecule has 6 nitrogen and oxygen atoms in total. The Morgan fingerprint density at radius 2 is 1.77 bits per heavy atom. The van der Waals surface area contributed by atoms with E-state index in [1.807, 2.05) is 24.5 Å². The number of anilines is 1. The number of pyridine rings is 1. The Balaban J connectivity index is 1.66. The van der Waals surface area contributed by atoms with E-state index in [-0.39, 0.29) is 0 Å². The SMILES string of the molecule is COc1cccc(CN(Cc2ccc3cn[nH]c3c2)c2ccnc(CN(C)C)c2)c1. The molecule has 1 N–H and O–H groups in total. The molecule has 0 saturated carbocycles. The van der Waals surface area contributed by atoms with E-state index >= 15 is 0 Å². The predicted octanol–water partition coefficient (Wildman–Crippen LogP) is 4.23. The van der Waals surface area contributed by atoms with E-state index in [1.54, 1.807) is 7.11 Å². The molecule has 0 amide bonds. The number of rotatable bonds is 8. The minimum Gasteiger partial charge on any atom is -0.497 e. The molecular weight excluding hydrogens is 374 g/mol. The zero-order valence-corrected chi connectivity index (χ0v) is 17.7. The van der Waals surface area contributed by atoms with E-state index in [4.69, 9.17) is 4.74 Å². The van der Waals surface area contributed by atoms with E-state index in [0.717, 1.165) is 47.7 Å². The predicted molar refractivity (Wildman–Crippen MR) is 121 cm³/mol. The minimum absolute atomic E-state index is 0.767. The van der Waals surface area contributed by atoms with Crippen LogP contribution in [0.4, 0.5) is 5.69 Å².